The quantitative estimate of drug-likeness (QED) is 0.407. The molecule has 0 amide bonds. The van der Waals surface area contributed by atoms with Gasteiger partial charge in [0.25, 0.3) is 0 Å². The van der Waals surface area contributed by atoms with Crippen molar-refractivity contribution in [3.63, 3.8) is 0 Å². The number of esters is 1. The van der Waals surface area contributed by atoms with Crippen LogP contribution in [-0.4, -0.2) is 25.0 Å². The lowest BCUT2D eigenvalue weighted by atomic mass is 9.65. The van der Waals surface area contributed by atoms with Gasteiger partial charge in [-0.1, -0.05) is 56.3 Å². The van der Waals surface area contributed by atoms with Crippen LogP contribution in [0.15, 0.2) is 42.5 Å². The first-order valence-corrected chi connectivity index (χ1v) is 9.91. The molecule has 4 nitrogen and oxygen atoms in total. The lowest BCUT2D eigenvalue weighted by Gasteiger charge is -2.39. The fraction of sp³-hybridized carbons (Fsp3) is 0.565. The smallest absolute Gasteiger partial charge is 0.319 e. The first kappa shape index (κ1) is 19.8. The van der Waals surface area contributed by atoms with E-state index in [0.29, 0.717) is 25.4 Å². The summed E-state index contributed by atoms with van der Waals surface area (Å²) >= 11 is 0. The molecular formula is C23H30O4. The van der Waals surface area contributed by atoms with E-state index in [0.717, 1.165) is 12.0 Å². The first-order chi connectivity index (χ1) is 12.9. The summed E-state index contributed by atoms with van der Waals surface area (Å²) in [5, 5.41) is 0. The summed E-state index contributed by atoms with van der Waals surface area (Å²) in [6.45, 7) is 6.80. The Labute approximate surface area is 161 Å². The number of hydrogen-bond acceptors (Lipinski definition) is 4. The molecule has 2 aliphatic rings. The molecule has 1 aromatic carbocycles. The Morgan fingerprint density at radius 3 is 2.63 bits per heavy atom. The van der Waals surface area contributed by atoms with Crippen LogP contribution >= 0.6 is 0 Å². The lowest BCUT2D eigenvalue weighted by molar-refractivity contribution is -0.162. The summed E-state index contributed by atoms with van der Waals surface area (Å²) in [7, 11) is 0. The van der Waals surface area contributed by atoms with Gasteiger partial charge in [-0.15, -0.1) is 0 Å². The number of carbonyl (C=O) groups excluding carboxylic acids is 2. The fourth-order valence-corrected chi connectivity index (χ4v) is 4.73. The van der Waals surface area contributed by atoms with Crippen molar-refractivity contribution in [3.8, 4) is 0 Å². The van der Waals surface area contributed by atoms with E-state index in [9.17, 15) is 9.59 Å². The zero-order valence-electron chi connectivity index (χ0n) is 16.6. The number of Topliss-reactive ketones (excluding diaryl/α,β-unsaturated/α-hetero) is 1. The van der Waals surface area contributed by atoms with E-state index in [1.165, 1.54) is 0 Å². The van der Waals surface area contributed by atoms with Crippen molar-refractivity contribution in [1.29, 1.82) is 0 Å². The molecule has 0 saturated heterocycles. The van der Waals surface area contributed by atoms with E-state index in [2.05, 4.69) is 26.0 Å². The maximum atomic E-state index is 13.2. The van der Waals surface area contributed by atoms with E-state index in [1.54, 1.807) is 6.92 Å². The molecule has 1 saturated carbocycles. The maximum Gasteiger partial charge on any atom is 0.319 e. The van der Waals surface area contributed by atoms with Crippen molar-refractivity contribution in [2.24, 2.45) is 22.7 Å². The molecule has 0 radical (unpaired) electrons. The molecule has 0 N–H and O–H groups in total. The van der Waals surface area contributed by atoms with Gasteiger partial charge < -0.3 is 9.47 Å². The lowest BCUT2D eigenvalue weighted by Crippen LogP contribution is -2.42. The van der Waals surface area contributed by atoms with Crippen molar-refractivity contribution in [2.75, 3.05) is 13.2 Å². The average molecular weight is 370 g/mol. The Balaban J connectivity index is 1.76. The van der Waals surface area contributed by atoms with Gasteiger partial charge in [0, 0.05) is 0 Å². The largest absolute Gasteiger partial charge is 0.465 e. The molecule has 0 aliphatic heterocycles. The highest BCUT2D eigenvalue weighted by Gasteiger charge is 2.61. The minimum Gasteiger partial charge on any atom is -0.465 e. The number of ketones is 1. The van der Waals surface area contributed by atoms with E-state index in [-0.39, 0.29) is 36.3 Å². The molecule has 0 spiro atoms. The Morgan fingerprint density at radius 2 is 1.96 bits per heavy atom. The maximum absolute atomic E-state index is 13.2. The third kappa shape index (κ3) is 3.73. The van der Waals surface area contributed by atoms with Gasteiger partial charge in [-0.05, 0) is 49.0 Å². The Kier molecular flexibility index (Phi) is 5.85. The van der Waals surface area contributed by atoms with Crippen LogP contribution in [0, 0.1) is 22.7 Å². The van der Waals surface area contributed by atoms with Gasteiger partial charge in [0.2, 0.25) is 0 Å². The molecular weight excluding hydrogens is 340 g/mol. The second kappa shape index (κ2) is 7.97. The van der Waals surface area contributed by atoms with Crippen molar-refractivity contribution in [2.45, 2.75) is 46.6 Å². The Bertz CT molecular complexity index is 710. The van der Waals surface area contributed by atoms with Crippen LogP contribution in [0.25, 0.3) is 0 Å². The van der Waals surface area contributed by atoms with E-state index in [1.807, 2.05) is 30.3 Å². The minimum atomic E-state index is -1.09. The van der Waals surface area contributed by atoms with Crippen molar-refractivity contribution in [1.82, 2.24) is 0 Å². The zero-order chi connectivity index (χ0) is 19.5. The number of allylic oxidation sites excluding steroid dienone is 2. The average Bonchev–Trinajstić information content (AvgIpc) is 2.99. The summed E-state index contributed by atoms with van der Waals surface area (Å²) < 4.78 is 11.0. The van der Waals surface area contributed by atoms with Gasteiger partial charge in [-0.2, -0.15) is 0 Å². The molecule has 4 atom stereocenters. The number of ether oxygens (including phenoxy) is 2. The summed E-state index contributed by atoms with van der Waals surface area (Å²) in [5.74, 6) is 0.133. The molecule has 0 heterocycles. The standard InChI is InChI=1S/C23H30O4/c1-4-27-21(25)23(13-19-12-8-9-17(2)22(19,3)16-23)20(24)15-26-14-18-10-6-5-7-11-18/h5-8,10-12,17,19H,4,9,13-16H2,1-3H3/t17-,19-,22+,23-/m1/s1. The third-order valence-electron chi connectivity index (χ3n) is 6.63. The van der Waals surface area contributed by atoms with Crippen molar-refractivity contribution >= 4 is 11.8 Å². The van der Waals surface area contributed by atoms with Gasteiger partial charge in [0.15, 0.2) is 5.78 Å². The predicted molar refractivity (Wildman–Crippen MR) is 104 cm³/mol. The van der Waals surface area contributed by atoms with Crippen molar-refractivity contribution in [3.05, 3.63) is 48.0 Å². The van der Waals surface area contributed by atoms with Gasteiger partial charge in [0.1, 0.15) is 12.0 Å². The van der Waals surface area contributed by atoms with Crippen molar-refractivity contribution < 1.29 is 19.1 Å². The molecule has 3 rings (SSSR count). The first-order valence-electron chi connectivity index (χ1n) is 9.91. The third-order valence-corrected chi connectivity index (χ3v) is 6.63. The molecule has 27 heavy (non-hydrogen) atoms. The van der Waals surface area contributed by atoms with E-state index in [4.69, 9.17) is 9.47 Å². The van der Waals surface area contributed by atoms with Crippen LogP contribution in [0.4, 0.5) is 0 Å². The SMILES string of the molecule is CCOC(=O)[C@]1(C(=O)COCc2ccccc2)C[C@H]2C=CC[C@@H](C)[C@]2(C)C1. The number of fused-ring (bicyclic) bond motifs is 1. The highest BCUT2D eigenvalue weighted by atomic mass is 16.5. The van der Waals surface area contributed by atoms with Crippen LogP contribution in [0.2, 0.25) is 0 Å². The van der Waals surface area contributed by atoms with Crippen LogP contribution in [-0.2, 0) is 25.7 Å². The summed E-state index contributed by atoms with van der Waals surface area (Å²) in [6, 6.07) is 9.75. The molecule has 146 valence electrons. The van der Waals surface area contributed by atoms with Gasteiger partial charge in [-0.25, -0.2) is 0 Å². The molecule has 0 bridgehead atoms. The number of hydrogen-bond donors (Lipinski definition) is 0. The molecule has 0 aromatic heterocycles. The van der Waals surface area contributed by atoms with E-state index >= 15 is 0 Å². The Hall–Kier alpha value is -1.94. The second-order valence-electron chi connectivity index (χ2n) is 8.26. The minimum absolute atomic E-state index is 0.0589. The van der Waals surface area contributed by atoms with Crippen LogP contribution in [0.5, 0.6) is 0 Å². The van der Waals surface area contributed by atoms with Crippen LogP contribution in [0.3, 0.4) is 0 Å². The molecule has 1 aromatic rings. The fourth-order valence-electron chi connectivity index (χ4n) is 4.73. The van der Waals surface area contributed by atoms with Gasteiger partial charge in [0.05, 0.1) is 13.2 Å². The van der Waals surface area contributed by atoms with Crippen LogP contribution in [0.1, 0.15) is 45.6 Å². The number of carbonyl (C=O) groups is 2. The monoisotopic (exact) mass is 370 g/mol. The number of rotatable bonds is 7. The van der Waals surface area contributed by atoms with E-state index < -0.39 is 5.41 Å². The van der Waals surface area contributed by atoms with Gasteiger partial charge >= 0.3 is 5.97 Å². The van der Waals surface area contributed by atoms with Gasteiger partial charge in [-0.3, -0.25) is 9.59 Å². The molecule has 1 fully saturated rings. The second-order valence-corrected chi connectivity index (χ2v) is 8.26. The summed E-state index contributed by atoms with van der Waals surface area (Å²) in [4.78, 5) is 26.1. The topological polar surface area (TPSA) is 52.6 Å². The zero-order valence-corrected chi connectivity index (χ0v) is 16.6. The molecule has 0 unspecified atom stereocenters. The summed E-state index contributed by atoms with van der Waals surface area (Å²) in [6.07, 6.45) is 6.44. The predicted octanol–water partition coefficient (Wildman–Crippen LogP) is 4.33. The summed E-state index contributed by atoms with van der Waals surface area (Å²) in [5.41, 5.74) is -0.134. The molecule has 2 aliphatic carbocycles. The highest BCUT2D eigenvalue weighted by molar-refractivity contribution is 6.05. The van der Waals surface area contributed by atoms with Crippen LogP contribution < -0.4 is 0 Å². The highest BCUT2D eigenvalue weighted by Crippen LogP contribution is 2.60. The number of benzene rings is 1. The Morgan fingerprint density at radius 1 is 1.22 bits per heavy atom. The normalized spacial score (nSPS) is 32.1. The molecule has 4 heteroatoms.